The van der Waals surface area contributed by atoms with E-state index in [1.54, 1.807) is 36.4 Å². The number of rotatable bonds is 6. The van der Waals surface area contributed by atoms with Gasteiger partial charge in [-0.05, 0) is 54.0 Å². The number of fused-ring (bicyclic) bond motifs is 1. The molecule has 32 heavy (non-hydrogen) atoms. The van der Waals surface area contributed by atoms with E-state index in [2.05, 4.69) is 6.92 Å². The Morgan fingerprint density at radius 2 is 1.69 bits per heavy atom. The van der Waals surface area contributed by atoms with Gasteiger partial charge in [-0.3, -0.25) is 4.79 Å². The van der Waals surface area contributed by atoms with E-state index in [-0.39, 0.29) is 17.3 Å². The third kappa shape index (κ3) is 4.21. The van der Waals surface area contributed by atoms with E-state index >= 15 is 0 Å². The average molecular weight is 430 g/mol. The van der Waals surface area contributed by atoms with Gasteiger partial charge in [0.2, 0.25) is 5.78 Å². The quantitative estimate of drug-likeness (QED) is 0.308. The Balaban J connectivity index is 1.52. The van der Waals surface area contributed by atoms with Gasteiger partial charge >= 0.3 is 5.97 Å². The normalized spacial score (nSPS) is 13.5. The number of carbonyl (C=O) groups excluding carboxylic acids is 2. The van der Waals surface area contributed by atoms with Gasteiger partial charge in [0, 0.05) is 6.07 Å². The van der Waals surface area contributed by atoms with Crippen molar-refractivity contribution in [2.24, 2.45) is 0 Å². The largest absolute Gasteiger partial charge is 0.493 e. The van der Waals surface area contributed by atoms with Crippen LogP contribution in [0.1, 0.15) is 38.8 Å². The predicted molar refractivity (Wildman–Crippen MR) is 120 cm³/mol. The maximum Gasteiger partial charge on any atom is 0.343 e. The second-order valence-corrected chi connectivity index (χ2v) is 7.15. The van der Waals surface area contributed by atoms with Crippen molar-refractivity contribution < 1.29 is 28.5 Å². The first-order chi connectivity index (χ1) is 15.5. The van der Waals surface area contributed by atoms with Crippen LogP contribution in [-0.4, -0.2) is 26.0 Å². The number of esters is 1. The maximum atomic E-state index is 12.7. The van der Waals surface area contributed by atoms with E-state index in [4.69, 9.17) is 18.9 Å². The fourth-order valence-electron chi connectivity index (χ4n) is 3.36. The second kappa shape index (κ2) is 8.98. The van der Waals surface area contributed by atoms with Crippen molar-refractivity contribution >= 4 is 17.8 Å². The minimum atomic E-state index is -0.568. The number of ether oxygens (including phenoxy) is 4. The van der Waals surface area contributed by atoms with Crippen LogP contribution >= 0.6 is 0 Å². The summed E-state index contributed by atoms with van der Waals surface area (Å²) in [5, 5.41) is 0. The van der Waals surface area contributed by atoms with Crippen LogP contribution in [-0.2, 0) is 6.42 Å². The molecule has 3 aromatic rings. The molecule has 0 amide bonds. The molecule has 0 unspecified atom stereocenters. The molecule has 0 radical (unpaired) electrons. The highest BCUT2D eigenvalue weighted by atomic mass is 16.5. The van der Waals surface area contributed by atoms with Crippen molar-refractivity contribution in [3.05, 3.63) is 88.7 Å². The number of methoxy groups -OCH3 is 2. The Labute approximate surface area is 186 Å². The third-order valence-corrected chi connectivity index (χ3v) is 5.16. The molecule has 0 aliphatic carbocycles. The van der Waals surface area contributed by atoms with Gasteiger partial charge in [-0.2, -0.15) is 0 Å². The van der Waals surface area contributed by atoms with E-state index < -0.39 is 5.97 Å². The van der Waals surface area contributed by atoms with Crippen LogP contribution in [0.5, 0.6) is 23.0 Å². The van der Waals surface area contributed by atoms with Gasteiger partial charge in [-0.25, -0.2) is 4.79 Å². The summed E-state index contributed by atoms with van der Waals surface area (Å²) in [6, 6.07) is 17.4. The van der Waals surface area contributed by atoms with Crippen LogP contribution in [0.15, 0.2) is 66.4 Å². The number of carbonyl (C=O) groups is 2. The summed E-state index contributed by atoms with van der Waals surface area (Å²) in [7, 11) is 3.01. The lowest BCUT2D eigenvalue weighted by Crippen LogP contribution is -2.09. The summed E-state index contributed by atoms with van der Waals surface area (Å²) in [5.74, 6) is 1.00. The van der Waals surface area contributed by atoms with Gasteiger partial charge in [-0.15, -0.1) is 0 Å². The summed E-state index contributed by atoms with van der Waals surface area (Å²) < 4.78 is 21.6. The number of ketones is 1. The molecule has 6 heteroatoms. The van der Waals surface area contributed by atoms with Crippen LogP contribution in [0.2, 0.25) is 0 Å². The fraction of sp³-hybridized carbons (Fsp3) is 0.154. The Kier molecular flexibility index (Phi) is 5.94. The van der Waals surface area contributed by atoms with Crippen molar-refractivity contribution in [3.63, 3.8) is 0 Å². The first kappa shape index (κ1) is 21.2. The molecule has 1 aliphatic heterocycles. The Hall–Kier alpha value is -4.06. The zero-order chi connectivity index (χ0) is 22.7. The zero-order valence-corrected chi connectivity index (χ0v) is 18.0. The zero-order valence-electron chi connectivity index (χ0n) is 18.0. The molecule has 0 saturated heterocycles. The molecule has 0 spiro atoms. The molecule has 1 heterocycles. The van der Waals surface area contributed by atoms with Gasteiger partial charge in [0.25, 0.3) is 0 Å². The van der Waals surface area contributed by atoms with E-state index in [1.807, 2.05) is 24.3 Å². The number of aryl methyl sites for hydroxylation is 1. The average Bonchev–Trinajstić information content (AvgIpc) is 3.13. The first-order valence-corrected chi connectivity index (χ1v) is 10.1. The summed E-state index contributed by atoms with van der Waals surface area (Å²) >= 11 is 0. The second-order valence-electron chi connectivity index (χ2n) is 7.15. The molecule has 0 N–H and O–H groups in total. The summed E-state index contributed by atoms with van der Waals surface area (Å²) in [5.41, 5.74) is 2.82. The lowest BCUT2D eigenvalue weighted by Gasteiger charge is -2.10. The lowest BCUT2D eigenvalue weighted by molar-refractivity contribution is 0.0734. The molecule has 0 saturated carbocycles. The Morgan fingerprint density at radius 1 is 0.938 bits per heavy atom. The standard InChI is InChI=1S/C26H22O6/c1-4-16-5-7-17(8-6-16)13-24-25(27)20-11-10-19(15-22(20)32-24)31-26(28)18-9-12-21(29-2)23(14-18)30-3/h5-15H,4H2,1-3H3/b24-13-. The Morgan fingerprint density at radius 3 is 2.38 bits per heavy atom. The summed E-state index contributed by atoms with van der Waals surface area (Å²) in [6.45, 7) is 2.09. The highest BCUT2D eigenvalue weighted by molar-refractivity contribution is 6.14. The number of hydrogen-bond acceptors (Lipinski definition) is 6. The molecule has 0 atom stereocenters. The highest BCUT2D eigenvalue weighted by Gasteiger charge is 2.28. The molecule has 4 rings (SSSR count). The summed E-state index contributed by atoms with van der Waals surface area (Å²) in [4.78, 5) is 25.2. The number of Topliss-reactive ketones (excluding diaryl/α,β-unsaturated/α-hetero) is 1. The minimum absolute atomic E-state index is 0.211. The molecule has 162 valence electrons. The lowest BCUT2D eigenvalue weighted by atomic mass is 10.1. The van der Waals surface area contributed by atoms with E-state index in [0.717, 1.165) is 12.0 Å². The molecule has 0 fully saturated rings. The van der Waals surface area contributed by atoms with Crippen molar-refractivity contribution in [2.45, 2.75) is 13.3 Å². The molecule has 0 bridgehead atoms. The van der Waals surface area contributed by atoms with Crippen LogP contribution in [0.3, 0.4) is 0 Å². The van der Waals surface area contributed by atoms with Crippen molar-refractivity contribution in [2.75, 3.05) is 14.2 Å². The van der Waals surface area contributed by atoms with Crippen molar-refractivity contribution in [3.8, 4) is 23.0 Å². The maximum absolute atomic E-state index is 12.7. The number of hydrogen-bond donors (Lipinski definition) is 0. The first-order valence-electron chi connectivity index (χ1n) is 10.1. The molecule has 0 aromatic heterocycles. The number of allylic oxidation sites excluding steroid dienone is 1. The highest BCUT2D eigenvalue weighted by Crippen LogP contribution is 2.35. The van der Waals surface area contributed by atoms with E-state index in [9.17, 15) is 9.59 Å². The predicted octanol–water partition coefficient (Wildman–Crippen LogP) is 5.10. The number of benzene rings is 3. The summed E-state index contributed by atoms with van der Waals surface area (Å²) in [6.07, 6.45) is 2.65. The van der Waals surface area contributed by atoms with Crippen molar-refractivity contribution in [1.82, 2.24) is 0 Å². The van der Waals surface area contributed by atoms with Gasteiger partial charge in [0.15, 0.2) is 17.3 Å². The van der Waals surface area contributed by atoms with E-state index in [0.29, 0.717) is 28.4 Å². The van der Waals surface area contributed by atoms with Crippen molar-refractivity contribution in [1.29, 1.82) is 0 Å². The topological polar surface area (TPSA) is 71.1 Å². The molecular formula is C26H22O6. The van der Waals surface area contributed by atoms with E-state index in [1.165, 1.54) is 25.8 Å². The smallest absolute Gasteiger partial charge is 0.343 e. The fourth-order valence-corrected chi connectivity index (χ4v) is 3.36. The van der Waals surface area contributed by atoms with Gasteiger partial charge in [-0.1, -0.05) is 31.2 Å². The van der Waals surface area contributed by atoms with Crippen LogP contribution in [0.25, 0.3) is 6.08 Å². The molecule has 6 nitrogen and oxygen atoms in total. The monoisotopic (exact) mass is 430 g/mol. The van der Waals surface area contributed by atoms with Gasteiger partial charge in [0.05, 0.1) is 25.3 Å². The molecule has 3 aromatic carbocycles. The molecule has 1 aliphatic rings. The Bertz CT molecular complexity index is 1210. The van der Waals surface area contributed by atoms with Crippen LogP contribution < -0.4 is 18.9 Å². The minimum Gasteiger partial charge on any atom is -0.493 e. The van der Waals surface area contributed by atoms with Crippen LogP contribution in [0, 0.1) is 0 Å². The SMILES string of the molecule is CCc1ccc(/C=C2\Oc3cc(OC(=O)c4ccc(OC)c(OC)c4)ccc3C2=O)cc1. The van der Waals surface area contributed by atoms with Crippen LogP contribution in [0.4, 0.5) is 0 Å². The third-order valence-electron chi connectivity index (χ3n) is 5.16. The van der Waals surface area contributed by atoms with Gasteiger partial charge in [0.1, 0.15) is 11.5 Å². The molecular weight excluding hydrogens is 408 g/mol. The van der Waals surface area contributed by atoms with Gasteiger partial charge < -0.3 is 18.9 Å².